The van der Waals surface area contributed by atoms with Crippen LogP contribution in [-0.4, -0.2) is 24.7 Å². The van der Waals surface area contributed by atoms with E-state index in [0.29, 0.717) is 6.61 Å². The zero-order valence-corrected chi connectivity index (χ0v) is 8.75. The minimum atomic E-state index is -0.194. The molecule has 0 aliphatic carbocycles. The van der Waals surface area contributed by atoms with E-state index >= 15 is 0 Å². The molecule has 0 aromatic rings. The van der Waals surface area contributed by atoms with Crippen molar-refractivity contribution in [3.8, 4) is 12.3 Å². The number of rotatable bonds is 3. The van der Waals surface area contributed by atoms with E-state index in [1.54, 1.807) is 6.92 Å². The van der Waals surface area contributed by atoms with Gasteiger partial charge in [0, 0.05) is 6.61 Å². The molecule has 0 spiro atoms. The van der Waals surface area contributed by atoms with Crippen molar-refractivity contribution in [3.63, 3.8) is 0 Å². The second-order valence-corrected chi connectivity index (χ2v) is 3.61. The molecule has 1 aliphatic rings. The lowest BCUT2D eigenvalue weighted by atomic mass is 9.98. The summed E-state index contributed by atoms with van der Waals surface area (Å²) in [5.41, 5.74) is 0. The van der Waals surface area contributed by atoms with Crippen molar-refractivity contribution in [1.29, 1.82) is 0 Å². The number of ether oxygens (including phenoxy) is 1. The fraction of sp³-hybridized carbons (Fsp3) is 0.727. The minimum absolute atomic E-state index is 0.0178. The van der Waals surface area contributed by atoms with E-state index in [1.807, 2.05) is 6.92 Å². The van der Waals surface area contributed by atoms with Crippen molar-refractivity contribution in [1.82, 2.24) is 5.32 Å². The highest BCUT2D eigenvalue weighted by Crippen LogP contribution is 2.23. The summed E-state index contributed by atoms with van der Waals surface area (Å²) in [6.45, 7) is 4.51. The molecule has 1 rings (SSSR count). The molecule has 14 heavy (non-hydrogen) atoms. The Labute approximate surface area is 85.2 Å². The van der Waals surface area contributed by atoms with Gasteiger partial charge < -0.3 is 10.1 Å². The number of carbonyl (C=O) groups is 1. The molecule has 1 aliphatic heterocycles. The third kappa shape index (κ3) is 2.49. The molecule has 0 radical (unpaired) electrons. The highest BCUT2D eigenvalue weighted by molar-refractivity contribution is 5.80. The normalized spacial score (nSPS) is 28.1. The lowest BCUT2D eigenvalue weighted by Crippen LogP contribution is -2.39. The quantitative estimate of drug-likeness (QED) is 0.681. The molecule has 1 amide bonds. The van der Waals surface area contributed by atoms with Crippen LogP contribution in [0.1, 0.15) is 26.7 Å². The number of amides is 1. The number of hydrogen-bond donors (Lipinski definition) is 1. The Morgan fingerprint density at radius 1 is 1.79 bits per heavy atom. The van der Waals surface area contributed by atoms with Gasteiger partial charge in [-0.15, -0.1) is 6.42 Å². The van der Waals surface area contributed by atoms with Gasteiger partial charge in [-0.25, -0.2) is 0 Å². The van der Waals surface area contributed by atoms with E-state index in [1.165, 1.54) is 0 Å². The Bertz CT molecular complexity index is 244. The Balaban J connectivity index is 2.48. The van der Waals surface area contributed by atoms with Crippen molar-refractivity contribution in [2.24, 2.45) is 5.92 Å². The Morgan fingerprint density at radius 2 is 2.50 bits per heavy atom. The van der Waals surface area contributed by atoms with Crippen molar-refractivity contribution < 1.29 is 9.53 Å². The Hall–Kier alpha value is -1.01. The third-order valence-corrected chi connectivity index (χ3v) is 2.56. The molecular formula is C11H17NO2. The summed E-state index contributed by atoms with van der Waals surface area (Å²) in [4.78, 5) is 11.7. The van der Waals surface area contributed by atoms with E-state index < -0.39 is 0 Å². The van der Waals surface area contributed by atoms with E-state index in [2.05, 4.69) is 11.2 Å². The van der Waals surface area contributed by atoms with Crippen molar-refractivity contribution in [2.75, 3.05) is 6.61 Å². The van der Waals surface area contributed by atoms with E-state index in [9.17, 15) is 4.79 Å². The topological polar surface area (TPSA) is 38.3 Å². The van der Waals surface area contributed by atoms with E-state index in [-0.39, 0.29) is 24.0 Å². The van der Waals surface area contributed by atoms with Crippen LogP contribution in [0.15, 0.2) is 0 Å². The molecule has 1 fully saturated rings. The average molecular weight is 195 g/mol. The second-order valence-electron chi connectivity index (χ2n) is 3.61. The fourth-order valence-electron chi connectivity index (χ4n) is 1.71. The number of hydrogen-bond acceptors (Lipinski definition) is 2. The molecule has 1 heterocycles. The molecule has 0 aromatic carbocycles. The number of terminal acetylenes is 1. The minimum Gasteiger partial charge on any atom is -0.377 e. The summed E-state index contributed by atoms with van der Waals surface area (Å²) in [6, 6.07) is -0.194. The van der Waals surface area contributed by atoms with Gasteiger partial charge in [0.1, 0.15) is 0 Å². The van der Waals surface area contributed by atoms with Crippen LogP contribution in [0.2, 0.25) is 0 Å². The maximum Gasteiger partial charge on any atom is 0.226 e. The number of nitrogens with one attached hydrogen (secondary N) is 1. The van der Waals surface area contributed by atoms with E-state index in [0.717, 1.165) is 12.8 Å². The Morgan fingerprint density at radius 3 is 3.07 bits per heavy atom. The average Bonchev–Trinajstić information content (AvgIpc) is 2.65. The lowest BCUT2D eigenvalue weighted by molar-refractivity contribution is -0.126. The zero-order chi connectivity index (χ0) is 10.6. The molecule has 3 heteroatoms. The number of carbonyl (C=O) groups excluding carboxylic acids is 1. The van der Waals surface area contributed by atoms with Gasteiger partial charge in [-0.1, -0.05) is 12.8 Å². The third-order valence-electron chi connectivity index (χ3n) is 2.56. The molecular weight excluding hydrogens is 178 g/mol. The van der Waals surface area contributed by atoms with E-state index in [4.69, 9.17) is 11.2 Å². The van der Waals surface area contributed by atoms with Crippen LogP contribution in [0, 0.1) is 18.3 Å². The molecule has 3 unspecified atom stereocenters. The van der Waals surface area contributed by atoms with Gasteiger partial charge in [0.25, 0.3) is 0 Å². The highest BCUT2D eigenvalue weighted by Gasteiger charge is 2.32. The maximum atomic E-state index is 11.7. The summed E-state index contributed by atoms with van der Waals surface area (Å²) < 4.78 is 5.44. The predicted octanol–water partition coefficient (Wildman–Crippen LogP) is 0.939. The Kier molecular flexibility index (Phi) is 3.97. The SMILES string of the molecule is C#CC(C)NC(=O)C1CCOC1CC. The molecule has 0 saturated carbocycles. The van der Waals surface area contributed by atoms with Gasteiger partial charge in [0.15, 0.2) is 0 Å². The molecule has 78 valence electrons. The van der Waals surface area contributed by atoms with Gasteiger partial charge in [0.2, 0.25) is 5.91 Å². The van der Waals surface area contributed by atoms with Gasteiger partial charge >= 0.3 is 0 Å². The van der Waals surface area contributed by atoms with Crippen LogP contribution in [0.3, 0.4) is 0 Å². The van der Waals surface area contributed by atoms with Crippen molar-refractivity contribution >= 4 is 5.91 Å². The first-order valence-electron chi connectivity index (χ1n) is 5.07. The van der Waals surface area contributed by atoms with Crippen LogP contribution >= 0.6 is 0 Å². The first kappa shape index (κ1) is 11.1. The summed E-state index contributed by atoms with van der Waals surface area (Å²) in [7, 11) is 0. The fourth-order valence-corrected chi connectivity index (χ4v) is 1.71. The van der Waals surface area contributed by atoms with Gasteiger partial charge in [-0.3, -0.25) is 4.79 Å². The summed E-state index contributed by atoms with van der Waals surface area (Å²) in [5, 5.41) is 2.78. The zero-order valence-electron chi connectivity index (χ0n) is 8.75. The summed E-state index contributed by atoms with van der Waals surface area (Å²) in [5.74, 6) is 2.49. The largest absolute Gasteiger partial charge is 0.377 e. The van der Waals surface area contributed by atoms with Crippen LogP contribution < -0.4 is 5.32 Å². The molecule has 0 aromatic heterocycles. The predicted molar refractivity (Wildman–Crippen MR) is 54.6 cm³/mol. The van der Waals surface area contributed by atoms with Gasteiger partial charge in [0.05, 0.1) is 18.1 Å². The molecule has 0 bridgehead atoms. The first-order valence-corrected chi connectivity index (χ1v) is 5.07. The summed E-state index contributed by atoms with van der Waals surface area (Å²) >= 11 is 0. The van der Waals surface area contributed by atoms with Crippen LogP contribution in [-0.2, 0) is 9.53 Å². The van der Waals surface area contributed by atoms with Crippen molar-refractivity contribution in [3.05, 3.63) is 0 Å². The summed E-state index contributed by atoms with van der Waals surface area (Å²) in [6.07, 6.45) is 6.94. The molecule has 3 atom stereocenters. The smallest absolute Gasteiger partial charge is 0.226 e. The van der Waals surface area contributed by atoms with Gasteiger partial charge in [-0.2, -0.15) is 0 Å². The maximum absolute atomic E-state index is 11.7. The molecule has 1 saturated heterocycles. The van der Waals surface area contributed by atoms with Gasteiger partial charge in [-0.05, 0) is 19.8 Å². The standard InChI is InChI=1S/C11H17NO2/c1-4-8(3)12-11(13)9-6-7-14-10(9)5-2/h1,8-10H,5-7H2,2-3H3,(H,12,13). The van der Waals surface area contributed by atoms with Crippen LogP contribution in [0.4, 0.5) is 0 Å². The van der Waals surface area contributed by atoms with Crippen LogP contribution in [0.25, 0.3) is 0 Å². The monoisotopic (exact) mass is 195 g/mol. The highest BCUT2D eigenvalue weighted by atomic mass is 16.5. The van der Waals surface area contributed by atoms with Crippen LogP contribution in [0.5, 0.6) is 0 Å². The molecule has 3 nitrogen and oxygen atoms in total. The molecule has 1 N–H and O–H groups in total. The second kappa shape index (κ2) is 5.02. The van der Waals surface area contributed by atoms with Crippen molar-refractivity contribution in [2.45, 2.75) is 38.8 Å². The first-order chi connectivity index (χ1) is 6.69. The lowest BCUT2D eigenvalue weighted by Gasteiger charge is -2.17.